The Hall–Kier alpha value is -3.55. The third-order valence-electron chi connectivity index (χ3n) is 5.62. The molecule has 2 unspecified atom stereocenters. The van der Waals surface area contributed by atoms with Crippen molar-refractivity contribution in [1.82, 2.24) is 15.5 Å². The number of phenolic OH excluding ortho intramolecular Hbond substituents is 1. The van der Waals surface area contributed by atoms with E-state index in [-0.39, 0.29) is 24.0 Å². The van der Waals surface area contributed by atoms with Gasteiger partial charge in [0.2, 0.25) is 11.8 Å². The zero-order chi connectivity index (χ0) is 27.4. The molecule has 0 aliphatic rings. The van der Waals surface area contributed by atoms with Crippen LogP contribution in [0.3, 0.4) is 0 Å². The van der Waals surface area contributed by atoms with Crippen LogP contribution < -0.4 is 10.6 Å². The summed E-state index contributed by atoms with van der Waals surface area (Å²) in [5.74, 6) is -0.547. The van der Waals surface area contributed by atoms with Gasteiger partial charge >= 0.3 is 6.09 Å². The Morgan fingerprint density at radius 1 is 0.973 bits per heavy atom. The topological polar surface area (TPSA) is 108 Å². The standard InChI is InChI=1S/C29H41N3O5/c1-6-8-18-30-26(34)25(22-12-10-9-11-13-22)32(19-7-2)27(35)24(31-28(36)37-29(3,4)5)20-21-14-16-23(33)17-15-21/h9-17,24-25,33H,6-8,18-20H2,1-5H3,(H,30,34)(H,31,36). The summed E-state index contributed by atoms with van der Waals surface area (Å²) in [6, 6.07) is 13.8. The van der Waals surface area contributed by atoms with E-state index < -0.39 is 23.8 Å². The zero-order valence-electron chi connectivity index (χ0n) is 22.6. The fraction of sp³-hybridized carbons (Fsp3) is 0.483. The number of carbonyl (C=O) groups excluding carboxylic acids is 3. The van der Waals surface area contributed by atoms with Crippen molar-refractivity contribution in [3.05, 3.63) is 65.7 Å². The van der Waals surface area contributed by atoms with E-state index in [2.05, 4.69) is 10.6 Å². The molecule has 0 heterocycles. The van der Waals surface area contributed by atoms with E-state index in [0.717, 1.165) is 18.4 Å². The Labute approximate surface area is 220 Å². The average Bonchev–Trinajstić information content (AvgIpc) is 2.84. The lowest BCUT2D eigenvalue weighted by Crippen LogP contribution is -2.54. The minimum atomic E-state index is -0.986. The minimum Gasteiger partial charge on any atom is -0.508 e. The van der Waals surface area contributed by atoms with Gasteiger partial charge in [-0.1, -0.05) is 62.7 Å². The van der Waals surface area contributed by atoms with E-state index >= 15 is 0 Å². The number of carbonyl (C=O) groups is 3. The SMILES string of the molecule is CCCCNC(=O)C(c1ccccc1)N(CCC)C(=O)C(Cc1ccc(O)cc1)NC(=O)OC(C)(C)C. The van der Waals surface area contributed by atoms with Crippen molar-refractivity contribution in [2.24, 2.45) is 0 Å². The van der Waals surface area contributed by atoms with Crippen molar-refractivity contribution in [3.63, 3.8) is 0 Å². The largest absolute Gasteiger partial charge is 0.508 e. The van der Waals surface area contributed by atoms with Crippen LogP contribution in [0.2, 0.25) is 0 Å². The molecule has 8 heteroatoms. The first-order chi connectivity index (χ1) is 17.6. The van der Waals surface area contributed by atoms with Crippen molar-refractivity contribution in [2.45, 2.75) is 78.0 Å². The van der Waals surface area contributed by atoms with Gasteiger partial charge in [0.1, 0.15) is 23.4 Å². The Morgan fingerprint density at radius 3 is 2.19 bits per heavy atom. The fourth-order valence-corrected chi connectivity index (χ4v) is 3.92. The van der Waals surface area contributed by atoms with Crippen LogP contribution in [0.4, 0.5) is 4.79 Å². The molecule has 0 radical (unpaired) electrons. The van der Waals surface area contributed by atoms with Gasteiger partial charge in [-0.25, -0.2) is 4.79 Å². The van der Waals surface area contributed by atoms with Crippen LogP contribution in [-0.4, -0.2) is 52.6 Å². The van der Waals surface area contributed by atoms with Gasteiger partial charge in [-0.2, -0.15) is 0 Å². The second-order valence-corrected chi connectivity index (χ2v) is 10.1. The van der Waals surface area contributed by atoms with Crippen LogP contribution in [0.5, 0.6) is 5.75 Å². The molecule has 8 nitrogen and oxygen atoms in total. The number of alkyl carbamates (subject to hydrolysis) is 1. The highest BCUT2D eigenvalue weighted by Gasteiger charge is 2.35. The summed E-state index contributed by atoms with van der Waals surface area (Å²) in [6.45, 7) is 10.1. The van der Waals surface area contributed by atoms with Crippen molar-refractivity contribution >= 4 is 17.9 Å². The molecular formula is C29H41N3O5. The number of hydrogen-bond donors (Lipinski definition) is 3. The number of ether oxygens (including phenoxy) is 1. The molecule has 0 bridgehead atoms. The molecule has 0 saturated heterocycles. The van der Waals surface area contributed by atoms with Crippen LogP contribution in [0.25, 0.3) is 0 Å². The highest BCUT2D eigenvalue weighted by Crippen LogP contribution is 2.24. The summed E-state index contributed by atoms with van der Waals surface area (Å²) < 4.78 is 5.43. The molecule has 0 aliphatic heterocycles. The molecule has 0 fully saturated rings. The average molecular weight is 512 g/mol. The van der Waals surface area contributed by atoms with Crippen molar-refractivity contribution in [3.8, 4) is 5.75 Å². The molecule has 0 aliphatic carbocycles. The molecule has 37 heavy (non-hydrogen) atoms. The summed E-state index contributed by atoms with van der Waals surface area (Å²) in [4.78, 5) is 41.8. The highest BCUT2D eigenvalue weighted by atomic mass is 16.6. The van der Waals surface area contributed by atoms with E-state index in [1.54, 1.807) is 37.8 Å². The van der Waals surface area contributed by atoms with E-state index in [9.17, 15) is 19.5 Å². The maximum absolute atomic E-state index is 14.1. The van der Waals surface area contributed by atoms with Crippen LogP contribution in [0.15, 0.2) is 54.6 Å². The highest BCUT2D eigenvalue weighted by molar-refractivity contribution is 5.92. The van der Waals surface area contributed by atoms with Crippen LogP contribution in [0.1, 0.15) is 71.0 Å². The number of nitrogens with zero attached hydrogens (tertiary/aromatic N) is 1. The first-order valence-electron chi connectivity index (χ1n) is 13.0. The van der Waals surface area contributed by atoms with Gasteiger partial charge in [0.25, 0.3) is 0 Å². The first-order valence-corrected chi connectivity index (χ1v) is 13.0. The molecule has 0 spiro atoms. The quantitative estimate of drug-likeness (QED) is 0.357. The van der Waals surface area contributed by atoms with E-state index in [4.69, 9.17) is 4.74 Å². The number of phenols is 1. The smallest absolute Gasteiger partial charge is 0.408 e. The van der Waals surface area contributed by atoms with E-state index in [0.29, 0.717) is 25.1 Å². The maximum atomic E-state index is 14.1. The lowest BCUT2D eigenvalue weighted by molar-refractivity contribution is -0.142. The van der Waals surface area contributed by atoms with Gasteiger partial charge in [0.15, 0.2) is 0 Å². The summed E-state index contributed by atoms with van der Waals surface area (Å²) in [5.41, 5.74) is 0.691. The second kappa shape index (κ2) is 14.3. The lowest BCUT2D eigenvalue weighted by atomic mass is 10.00. The Bertz CT molecular complexity index is 1000. The molecular weight excluding hydrogens is 470 g/mol. The summed E-state index contributed by atoms with van der Waals surface area (Å²) >= 11 is 0. The number of amides is 3. The number of benzene rings is 2. The molecule has 2 rings (SSSR count). The van der Waals surface area contributed by atoms with Crippen LogP contribution in [0, 0.1) is 0 Å². The van der Waals surface area contributed by atoms with Crippen LogP contribution in [-0.2, 0) is 20.7 Å². The normalized spacial score (nSPS) is 12.8. The number of unbranched alkanes of at least 4 members (excludes halogenated alkanes) is 1. The minimum absolute atomic E-state index is 0.104. The van der Waals surface area contributed by atoms with Crippen molar-refractivity contribution in [1.29, 1.82) is 0 Å². The van der Waals surface area contributed by atoms with Crippen molar-refractivity contribution < 1.29 is 24.2 Å². The molecule has 3 N–H and O–H groups in total. The number of rotatable bonds is 12. The Kier molecular flexibility index (Phi) is 11.4. The molecule has 0 saturated carbocycles. The predicted molar refractivity (Wildman–Crippen MR) is 144 cm³/mol. The van der Waals surface area contributed by atoms with Crippen molar-refractivity contribution in [2.75, 3.05) is 13.1 Å². The Morgan fingerprint density at radius 2 is 1.62 bits per heavy atom. The number of nitrogens with one attached hydrogen (secondary N) is 2. The summed E-state index contributed by atoms with van der Waals surface area (Å²) in [6.07, 6.45) is 1.83. The van der Waals surface area contributed by atoms with E-state index in [1.165, 1.54) is 12.1 Å². The molecule has 2 atom stereocenters. The molecule has 0 aromatic heterocycles. The number of aromatic hydroxyl groups is 1. The predicted octanol–water partition coefficient (Wildman–Crippen LogP) is 4.72. The van der Waals surface area contributed by atoms with Gasteiger partial charge in [-0.05, 0) is 56.9 Å². The zero-order valence-corrected chi connectivity index (χ0v) is 22.6. The summed E-state index contributed by atoms with van der Waals surface area (Å²) in [7, 11) is 0. The Balaban J connectivity index is 2.45. The fourth-order valence-electron chi connectivity index (χ4n) is 3.92. The summed E-state index contributed by atoms with van der Waals surface area (Å²) in [5, 5.41) is 15.4. The third-order valence-corrected chi connectivity index (χ3v) is 5.62. The lowest BCUT2D eigenvalue weighted by Gasteiger charge is -2.34. The number of hydrogen-bond acceptors (Lipinski definition) is 5. The molecule has 202 valence electrons. The van der Waals surface area contributed by atoms with E-state index in [1.807, 2.05) is 44.2 Å². The second-order valence-electron chi connectivity index (χ2n) is 10.1. The van der Waals surface area contributed by atoms with Gasteiger partial charge in [0.05, 0.1) is 0 Å². The van der Waals surface area contributed by atoms with Gasteiger partial charge in [-0.3, -0.25) is 9.59 Å². The maximum Gasteiger partial charge on any atom is 0.408 e. The third kappa shape index (κ3) is 9.79. The monoisotopic (exact) mass is 511 g/mol. The first kappa shape index (κ1) is 29.7. The molecule has 2 aromatic rings. The van der Waals surface area contributed by atoms with Crippen LogP contribution >= 0.6 is 0 Å². The molecule has 2 aromatic carbocycles. The van der Waals surface area contributed by atoms with Gasteiger partial charge < -0.3 is 25.4 Å². The van der Waals surface area contributed by atoms with Gasteiger partial charge in [0, 0.05) is 19.5 Å². The van der Waals surface area contributed by atoms with Gasteiger partial charge in [-0.15, -0.1) is 0 Å². The molecule has 3 amide bonds.